The lowest BCUT2D eigenvalue weighted by Gasteiger charge is -2.18. The fourth-order valence-electron chi connectivity index (χ4n) is 0.819. The van der Waals surface area contributed by atoms with Crippen LogP contribution >= 0.6 is 0 Å². The molecule has 0 aromatic rings. The van der Waals surface area contributed by atoms with E-state index in [1.165, 1.54) is 0 Å². The van der Waals surface area contributed by atoms with Gasteiger partial charge in [-0.25, -0.2) is 0 Å². The Balaban J connectivity index is 2.50. The third kappa shape index (κ3) is 1.31. The summed E-state index contributed by atoms with van der Waals surface area (Å²) in [5, 5.41) is 0. The zero-order valence-corrected chi connectivity index (χ0v) is 5.79. The van der Waals surface area contributed by atoms with Gasteiger partial charge in [-0.2, -0.15) is 0 Å². The number of rotatable bonds is 1. The first kappa shape index (κ1) is 6.33. The zero-order chi connectivity index (χ0) is 6.85. The predicted molar refractivity (Wildman–Crippen MR) is 36.0 cm³/mol. The Labute approximate surface area is 55.2 Å². The molecule has 0 spiro atoms. The van der Waals surface area contributed by atoms with Gasteiger partial charge in [-0.3, -0.25) is 4.79 Å². The van der Waals surface area contributed by atoms with E-state index in [2.05, 4.69) is 13.8 Å². The largest absolute Gasteiger partial charge is 0.367 e. The molecule has 0 atom stereocenters. The molecule has 2 nitrogen and oxygen atoms in total. The maximum absolute atomic E-state index is 10.6. The van der Waals surface area contributed by atoms with Crippen molar-refractivity contribution in [1.29, 1.82) is 0 Å². The van der Waals surface area contributed by atoms with Crippen molar-refractivity contribution in [2.24, 2.45) is 0 Å². The molecule has 0 bridgehead atoms. The Hall–Kier alpha value is -0.790. The summed E-state index contributed by atoms with van der Waals surface area (Å²) in [6, 6.07) is 0.452. The first-order chi connectivity index (χ1) is 4.20. The molecule has 0 radical (unpaired) electrons. The van der Waals surface area contributed by atoms with Crippen LogP contribution in [0.1, 0.15) is 13.8 Å². The standard InChI is InChI=1S/C7H11NO/c1-6(2)8-4-3-7(9)5-8/h3-4,6H,5H2,1-2H3. The summed E-state index contributed by atoms with van der Waals surface area (Å²) in [4.78, 5) is 12.6. The lowest BCUT2D eigenvalue weighted by Crippen LogP contribution is -2.25. The molecule has 0 aromatic heterocycles. The molecule has 0 aromatic carbocycles. The van der Waals surface area contributed by atoms with E-state index in [1.54, 1.807) is 6.08 Å². The van der Waals surface area contributed by atoms with Crippen LogP contribution in [0.25, 0.3) is 0 Å². The first-order valence-electron chi connectivity index (χ1n) is 3.17. The second-order valence-corrected chi connectivity index (χ2v) is 2.55. The molecule has 0 unspecified atom stereocenters. The average molecular weight is 125 g/mol. The van der Waals surface area contributed by atoms with Crippen LogP contribution in [-0.2, 0) is 4.79 Å². The summed E-state index contributed by atoms with van der Waals surface area (Å²) in [6.45, 7) is 4.71. The van der Waals surface area contributed by atoms with Crippen molar-refractivity contribution in [2.45, 2.75) is 19.9 Å². The smallest absolute Gasteiger partial charge is 0.176 e. The van der Waals surface area contributed by atoms with Crippen LogP contribution in [0.5, 0.6) is 0 Å². The van der Waals surface area contributed by atoms with Gasteiger partial charge in [0.2, 0.25) is 0 Å². The average Bonchev–Trinajstić information content (AvgIpc) is 2.14. The Morgan fingerprint density at radius 1 is 1.67 bits per heavy atom. The minimum absolute atomic E-state index is 0.212. The molecule has 9 heavy (non-hydrogen) atoms. The van der Waals surface area contributed by atoms with Gasteiger partial charge in [0.05, 0.1) is 6.54 Å². The third-order valence-electron chi connectivity index (χ3n) is 1.45. The van der Waals surface area contributed by atoms with E-state index in [0.29, 0.717) is 12.6 Å². The highest BCUT2D eigenvalue weighted by Crippen LogP contribution is 2.04. The Morgan fingerprint density at radius 2 is 2.33 bits per heavy atom. The molecule has 0 N–H and O–H groups in total. The molecule has 0 amide bonds. The summed E-state index contributed by atoms with van der Waals surface area (Å²) in [7, 11) is 0. The Kier molecular flexibility index (Phi) is 1.56. The van der Waals surface area contributed by atoms with Crippen LogP contribution in [0, 0.1) is 0 Å². The molecule has 0 saturated carbocycles. The molecule has 1 aliphatic heterocycles. The van der Waals surface area contributed by atoms with Crippen molar-refractivity contribution in [2.75, 3.05) is 6.54 Å². The fraction of sp³-hybridized carbons (Fsp3) is 0.571. The number of carbonyl (C=O) groups excluding carboxylic acids is 1. The molecule has 0 saturated heterocycles. The van der Waals surface area contributed by atoms with Crippen LogP contribution < -0.4 is 0 Å². The number of hydrogen-bond donors (Lipinski definition) is 0. The number of nitrogens with zero attached hydrogens (tertiary/aromatic N) is 1. The van der Waals surface area contributed by atoms with E-state index in [4.69, 9.17) is 0 Å². The summed E-state index contributed by atoms with van der Waals surface area (Å²) in [5.41, 5.74) is 0. The molecule has 1 heterocycles. The zero-order valence-electron chi connectivity index (χ0n) is 5.79. The number of hydrogen-bond acceptors (Lipinski definition) is 2. The van der Waals surface area contributed by atoms with E-state index in [-0.39, 0.29) is 5.78 Å². The minimum Gasteiger partial charge on any atom is -0.367 e. The normalized spacial score (nSPS) is 18.1. The number of ketones is 1. The maximum atomic E-state index is 10.6. The van der Waals surface area contributed by atoms with Crippen molar-refractivity contribution in [3.8, 4) is 0 Å². The second kappa shape index (κ2) is 2.21. The van der Waals surface area contributed by atoms with E-state index >= 15 is 0 Å². The van der Waals surface area contributed by atoms with Crippen LogP contribution in [0.4, 0.5) is 0 Å². The topological polar surface area (TPSA) is 20.3 Å². The lowest BCUT2D eigenvalue weighted by molar-refractivity contribution is -0.114. The Morgan fingerprint density at radius 3 is 2.56 bits per heavy atom. The van der Waals surface area contributed by atoms with Crippen LogP contribution in [0.2, 0.25) is 0 Å². The van der Waals surface area contributed by atoms with E-state index in [0.717, 1.165) is 0 Å². The van der Waals surface area contributed by atoms with Crippen LogP contribution in [0.3, 0.4) is 0 Å². The molecule has 0 fully saturated rings. The third-order valence-corrected chi connectivity index (χ3v) is 1.45. The van der Waals surface area contributed by atoms with Gasteiger partial charge in [0.15, 0.2) is 5.78 Å². The summed E-state index contributed by atoms with van der Waals surface area (Å²) in [5.74, 6) is 0.212. The van der Waals surface area contributed by atoms with Gasteiger partial charge in [-0.1, -0.05) is 0 Å². The van der Waals surface area contributed by atoms with Gasteiger partial charge in [-0.05, 0) is 19.9 Å². The molecular formula is C7H11NO. The second-order valence-electron chi connectivity index (χ2n) is 2.55. The van der Waals surface area contributed by atoms with Gasteiger partial charge in [-0.15, -0.1) is 0 Å². The minimum atomic E-state index is 0.212. The highest BCUT2D eigenvalue weighted by molar-refractivity contribution is 5.93. The molecule has 2 heteroatoms. The molecule has 0 aliphatic carbocycles. The molecule has 50 valence electrons. The monoisotopic (exact) mass is 125 g/mol. The van der Waals surface area contributed by atoms with Crippen molar-refractivity contribution >= 4 is 5.78 Å². The van der Waals surface area contributed by atoms with Crippen molar-refractivity contribution in [1.82, 2.24) is 4.90 Å². The first-order valence-corrected chi connectivity index (χ1v) is 3.17. The maximum Gasteiger partial charge on any atom is 0.176 e. The highest BCUT2D eigenvalue weighted by Gasteiger charge is 2.13. The SMILES string of the molecule is CC(C)N1C=CC(=O)C1. The number of carbonyl (C=O) groups is 1. The van der Waals surface area contributed by atoms with Gasteiger partial charge in [0.1, 0.15) is 0 Å². The quantitative estimate of drug-likeness (QED) is 0.516. The Bertz CT molecular complexity index is 149. The van der Waals surface area contributed by atoms with Crippen molar-refractivity contribution in [3.05, 3.63) is 12.3 Å². The highest BCUT2D eigenvalue weighted by atomic mass is 16.1. The van der Waals surface area contributed by atoms with Crippen molar-refractivity contribution < 1.29 is 4.79 Å². The molecule has 1 rings (SSSR count). The summed E-state index contributed by atoms with van der Waals surface area (Å²) >= 11 is 0. The molecule has 1 aliphatic rings. The predicted octanol–water partition coefficient (Wildman–Crippen LogP) is 0.793. The van der Waals surface area contributed by atoms with Crippen LogP contribution in [0.15, 0.2) is 12.3 Å². The summed E-state index contributed by atoms with van der Waals surface area (Å²) < 4.78 is 0. The molecular weight excluding hydrogens is 114 g/mol. The van der Waals surface area contributed by atoms with Gasteiger partial charge in [0.25, 0.3) is 0 Å². The van der Waals surface area contributed by atoms with Crippen molar-refractivity contribution in [3.63, 3.8) is 0 Å². The fourth-order valence-corrected chi connectivity index (χ4v) is 0.819. The van der Waals surface area contributed by atoms with Gasteiger partial charge >= 0.3 is 0 Å². The van der Waals surface area contributed by atoms with Gasteiger partial charge in [0, 0.05) is 12.2 Å². The van der Waals surface area contributed by atoms with E-state index in [1.807, 2.05) is 11.1 Å². The summed E-state index contributed by atoms with van der Waals surface area (Å²) in [6.07, 6.45) is 3.48. The van der Waals surface area contributed by atoms with E-state index in [9.17, 15) is 4.79 Å². The van der Waals surface area contributed by atoms with Crippen LogP contribution in [-0.4, -0.2) is 23.3 Å². The van der Waals surface area contributed by atoms with Gasteiger partial charge < -0.3 is 4.90 Å². The van der Waals surface area contributed by atoms with E-state index < -0.39 is 0 Å². The lowest BCUT2D eigenvalue weighted by atomic mass is 10.3.